The summed E-state index contributed by atoms with van der Waals surface area (Å²) in [6.07, 6.45) is 2.51. The summed E-state index contributed by atoms with van der Waals surface area (Å²) in [6, 6.07) is 3.97. The van der Waals surface area contributed by atoms with Gasteiger partial charge in [-0.1, -0.05) is 0 Å². The number of ether oxygens (including phenoxy) is 2. The molecule has 21 heavy (non-hydrogen) atoms. The van der Waals surface area contributed by atoms with Crippen molar-refractivity contribution in [1.82, 2.24) is 10.2 Å². The lowest BCUT2D eigenvalue weighted by atomic mass is 10.1. The molecule has 0 heterocycles. The molecule has 2 rings (SSSR count). The Kier molecular flexibility index (Phi) is 4.90. The average Bonchev–Trinajstić information content (AvgIpc) is 3.31. The lowest BCUT2D eigenvalue weighted by Crippen LogP contribution is -2.34. The van der Waals surface area contributed by atoms with E-state index < -0.39 is 0 Å². The molecule has 1 fully saturated rings. The van der Waals surface area contributed by atoms with Crippen molar-refractivity contribution in [2.24, 2.45) is 0 Å². The maximum absolute atomic E-state index is 12.2. The third-order valence-electron chi connectivity index (χ3n) is 3.74. The number of rotatable bonds is 7. The van der Waals surface area contributed by atoms with Crippen molar-refractivity contribution in [3.05, 3.63) is 17.7 Å². The molecule has 0 aromatic heterocycles. The Labute approximate surface area is 125 Å². The van der Waals surface area contributed by atoms with Crippen LogP contribution in [0.3, 0.4) is 0 Å². The normalized spacial score (nSPS) is 14.1. The fourth-order valence-electron chi connectivity index (χ4n) is 2.21. The van der Waals surface area contributed by atoms with Crippen LogP contribution in [0.5, 0.6) is 11.5 Å². The number of benzene rings is 1. The van der Waals surface area contributed by atoms with Gasteiger partial charge in [0.05, 0.1) is 25.5 Å². The highest BCUT2D eigenvalue weighted by atomic mass is 16.5. The first-order chi connectivity index (χ1) is 10.1. The number of likely N-dealkylation sites (N-methyl/N-ethyl adjacent to an activating group) is 1. The second kappa shape index (κ2) is 6.67. The van der Waals surface area contributed by atoms with Crippen molar-refractivity contribution >= 4 is 11.6 Å². The number of nitrogens with two attached hydrogens (primary N) is 1. The topological polar surface area (TPSA) is 76.8 Å². The van der Waals surface area contributed by atoms with E-state index >= 15 is 0 Å². The van der Waals surface area contributed by atoms with Crippen LogP contribution in [-0.4, -0.2) is 51.2 Å². The van der Waals surface area contributed by atoms with E-state index in [-0.39, 0.29) is 5.91 Å². The van der Waals surface area contributed by atoms with Gasteiger partial charge in [0.2, 0.25) is 0 Å². The number of anilines is 1. The first-order valence-corrected chi connectivity index (χ1v) is 7.06. The summed E-state index contributed by atoms with van der Waals surface area (Å²) >= 11 is 0. The van der Waals surface area contributed by atoms with Crippen molar-refractivity contribution in [3.8, 4) is 11.5 Å². The number of nitrogens with zero attached hydrogens (tertiary/aromatic N) is 1. The Balaban J connectivity index is 2.00. The van der Waals surface area contributed by atoms with Crippen molar-refractivity contribution in [1.29, 1.82) is 0 Å². The quantitative estimate of drug-likeness (QED) is 0.736. The Morgan fingerprint density at radius 1 is 1.38 bits per heavy atom. The number of hydrogen-bond acceptors (Lipinski definition) is 5. The number of nitrogens with one attached hydrogen (secondary N) is 1. The minimum absolute atomic E-state index is 0.214. The SMILES string of the molecule is COc1cc(OC)c(N)c(C(=O)NCCN(C)C2CC2)c1. The molecule has 0 radical (unpaired) electrons. The zero-order valence-electron chi connectivity index (χ0n) is 12.8. The van der Waals surface area contributed by atoms with Gasteiger partial charge in [0, 0.05) is 25.2 Å². The van der Waals surface area contributed by atoms with Crippen molar-refractivity contribution in [2.45, 2.75) is 18.9 Å². The van der Waals surface area contributed by atoms with Crippen LogP contribution in [0.2, 0.25) is 0 Å². The van der Waals surface area contributed by atoms with Gasteiger partial charge < -0.3 is 25.4 Å². The summed E-state index contributed by atoms with van der Waals surface area (Å²) in [5.41, 5.74) is 6.66. The van der Waals surface area contributed by atoms with E-state index in [1.165, 1.54) is 27.1 Å². The summed E-state index contributed by atoms with van der Waals surface area (Å²) < 4.78 is 10.3. The van der Waals surface area contributed by atoms with Gasteiger partial charge in [0.15, 0.2) is 0 Å². The molecule has 0 atom stereocenters. The molecule has 0 unspecified atom stereocenters. The van der Waals surface area contributed by atoms with Gasteiger partial charge in [-0.15, -0.1) is 0 Å². The predicted molar refractivity (Wildman–Crippen MR) is 81.9 cm³/mol. The van der Waals surface area contributed by atoms with Crippen LogP contribution in [0.4, 0.5) is 5.69 Å². The number of nitrogen functional groups attached to an aromatic ring is 1. The molecule has 116 valence electrons. The van der Waals surface area contributed by atoms with E-state index in [0.717, 1.165) is 6.54 Å². The monoisotopic (exact) mass is 293 g/mol. The maximum Gasteiger partial charge on any atom is 0.253 e. The molecular weight excluding hydrogens is 270 g/mol. The largest absolute Gasteiger partial charge is 0.497 e. The van der Waals surface area contributed by atoms with Gasteiger partial charge in [-0.2, -0.15) is 0 Å². The highest BCUT2D eigenvalue weighted by Crippen LogP contribution is 2.31. The maximum atomic E-state index is 12.2. The smallest absolute Gasteiger partial charge is 0.253 e. The molecule has 1 aliphatic carbocycles. The predicted octanol–water partition coefficient (Wildman–Crippen LogP) is 1.11. The van der Waals surface area contributed by atoms with Crippen LogP contribution in [0, 0.1) is 0 Å². The molecule has 0 bridgehead atoms. The highest BCUT2D eigenvalue weighted by molar-refractivity contribution is 6.00. The van der Waals surface area contributed by atoms with Crippen LogP contribution in [0.1, 0.15) is 23.2 Å². The summed E-state index contributed by atoms with van der Waals surface area (Å²) in [6.45, 7) is 1.42. The molecule has 0 saturated heterocycles. The first kappa shape index (κ1) is 15.4. The van der Waals surface area contributed by atoms with E-state index in [9.17, 15) is 4.79 Å². The molecule has 1 saturated carbocycles. The van der Waals surface area contributed by atoms with Gasteiger partial charge in [-0.05, 0) is 26.0 Å². The Morgan fingerprint density at radius 2 is 2.10 bits per heavy atom. The number of methoxy groups -OCH3 is 2. The molecule has 0 spiro atoms. The molecule has 3 N–H and O–H groups in total. The van der Waals surface area contributed by atoms with Gasteiger partial charge in [-0.3, -0.25) is 4.79 Å². The second-order valence-corrected chi connectivity index (χ2v) is 5.26. The zero-order valence-corrected chi connectivity index (χ0v) is 12.8. The van der Waals surface area contributed by atoms with Gasteiger partial charge in [0.1, 0.15) is 11.5 Å². The lowest BCUT2D eigenvalue weighted by Gasteiger charge is -2.16. The molecule has 1 aromatic carbocycles. The summed E-state index contributed by atoms with van der Waals surface area (Å²) in [4.78, 5) is 14.5. The number of amides is 1. The van der Waals surface area contributed by atoms with Crippen LogP contribution in [0.25, 0.3) is 0 Å². The molecule has 1 amide bonds. The number of carbonyl (C=O) groups excluding carboxylic acids is 1. The summed E-state index contributed by atoms with van der Waals surface area (Å²) in [7, 11) is 5.13. The zero-order chi connectivity index (χ0) is 15.4. The lowest BCUT2D eigenvalue weighted by molar-refractivity contribution is 0.0949. The van der Waals surface area contributed by atoms with Crippen molar-refractivity contribution in [3.63, 3.8) is 0 Å². The summed E-state index contributed by atoms with van der Waals surface area (Å²) in [5.74, 6) is 0.768. The molecule has 1 aromatic rings. The third kappa shape index (κ3) is 3.78. The van der Waals surface area contributed by atoms with E-state index in [2.05, 4.69) is 17.3 Å². The van der Waals surface area contributed by atoms with Crippen LogP contribution in [-0.2, 0) is 0 Å². The first-order valence-electron chi connectivity index (χ1n) is 7.06. The van der Waals surface area contributed by atoms with E-state index in [0.29, 0.717) is 35.3 Å². The van der Waals surface area contributed by atoms with Crippen LogP contribution >= 0.6 is 0 Å². The minimum Gasteiger partial charge on any atom is -0.497 e. The fraction of sp³-hybridized carbons (Fsp3) is 0.533. The fourth-order valence-corrected chi connectivity index (χ4v) is 2.21. The van der Waals surface area contributed by atoms with Gasteiger partial charge in [-0.25, -0.2) is 0 Å². The molecule has 1 aliphatic rings. The molecule has 6 nitrogen and oxygen atoms in total. The third-order valence-corrected chi connectivity index (χ3v) is 3.74. The standard InChI is InChI=1S/C15H23N3O3/c1-18(10-4-5-10)7-6-17-15(19)12-8-11(20-2)9-13(21-3)14(12)16/h8-10H,4-7,16H2,1-3H3,(H,17,19). The van der Waals surface area contributed by atoms with Crippen molar-refractivity contribution in [2.75, 3.05) is 40.1 Å². The minimum atomic E-state index is -0.214. The van der Waals surface area contributed by atoms with E-state index in [1.807, 2.05) is 0 Å². The van der Waals surface area contributed by atoms with Gasteiger partial charge in [0.25, 0.3) is 5.91 Å². The Bertz CT molecular complexity index is 515. The van der Waals surface area contributed by atoms with Crippen LogP contribution < -0.4 is 20.5 Å². The van der Waals surface area contributed by atoms with Crippen LogP contribution in [0.15, 0.2) is 12.1 Å². The van der Waals surface area contributed by atoms with Gasteiger partial charge >= 0.3 is 0 Å². The summed E-state index contributed by atoms with van der Waals surface area (Å²) in [5, 5.41) is 2.88. The molecule has 6 heteroatoms. The van der Waals surface area contributed by atoms with E-state index in [1.54, 1.807) is 12.1 Å². The average molecular weight is 293 g/mol. The molecular formula is C15H23N3O3. The van der Waals surface area contributed by atoms with Crippen molar-refractivity contribution < 1.29 is 14.3 Å². The molecule has 0 aliphatic heterocycles. The Hall–Kier alpha value is -1.95. The second-order valence-electron chi connectivity index (χ2n) is 5.26. The number of hydrogen-bond donors (Lipinski definition) is 2. The highest BCUT2D eigenvalue weighted by Gasteiger charge is 2.25. The Morgan fingerprint density at radius 3 is 2.67 bits per heavy atom. The van der Waals surface area contributed by atoms with E-state index in [4.69, 9.17) is 15.2 Å². The number of carbonyl (C=O) groups is 1.